The summed E-state index contributed by atoms with van der Waals surface area (Å²) in [6, 6.07) is 13.2. The molecule has 2 aromatic heterocycles. The number of hydrogen-bond donors (Lipinski definition) is 1. The zero-order chi connectivity index (χ0) is 18.7. The number of pyridine rings is 1. The first-order valence-corrected chi connectivity index (χ1v) is 8.52. The maximum Gasteiger partial charge on any atom is 0.258 e. The smallest absolute Gasteiger partial charge is 0.258 e. The molecule has 3 rings (SSSR count). The molecule has 1 atom stereocenters. The third kappa shape index (κ3) is 3.70. The molecule has 3 aromatic rings. The number of benzene rings is 1. The molecule has 0 spiro atoms. The number of nitrogens with one attached hydrogen (secondary N) is 1. The van der Waals surface area contributed by atoms with Gasteiger partial charge in [-0.2, -0.15) is 0 Å². The fourth-order valence-corrected chi connectivity index (χ4v) is 3.16. The molecule has 6 nitrogen and oxygen atoms in total. The number of ether oxygens (including phenoxy) is 2. The maximum absolute atomic E-state index is 12.4. The van der Waals surface area contributed by atoms with Crippen molar-refractivity contribution in [2.75, 3.05) is 21.3 Å². The van der Waals surface area contributed by atoms with Crippen molar-refractivity contribution in [1.29, 1.82) is 0 Å². The molecule has 1 unspecified atom stereocenters. The number of methoxy groups -OCH3 is 2. The van der Waals surface area contributed by atoms with Gasteiger partial charge in [0.25, 0.3) is 5.56 Å². The van der Waals surface area contributed by atoms with Crippen LogP contribution in [-0.2, 0) is 13.1 Å². The van der Waals surface area contributed by atoms with Crippen molar-refractivity contribution in [2.45, 2.75) is 20.0 Å². The van der Waals surface area contributed by atoms with E-state index in [0.717, 1.165) is 29.2 Å². The molecule has 0 saturated carbocycles. The van der Waals surface area contributed by atoms with E-state index in [9.17, 15) is 4.79 Å². The standard InChI is InChI=1S/C20H23N3O3/c1-14-6-5-7-19-21-16(11-20(24)23(14)19)13-22(2)12-15-8-9-17(25-3)18(10-15)26-4/h5-11H,12-13H2,1-4H3/p+1. The molecular formula is C20H24N3O3+. The van der Waals surface area contributed by atoms with Crippen molar-refractivity contribution < 1.29 is 14.4 Å². The second-order valence-corrected chi connectivity index (χ2v) is 6.45. The number of aryl methyl sites for hydroxylation is 1. The molecule has 1 N–H and O–H groups in total. The summed E-state index contributed by atoms with van der Waals surface area (Å²) >= 11 is 0. The SMILES string of the molecule is COc1ccc(C[NH+](C)Cc2cc(=O)n3c(C)cccc3n2)cc1OC. The third-order valence-corrected chi connectivity index (χ3v) is 4.37. The zero-order valence-electron chi connectivity index (χ0n) is 15.6. The molecule has 1 aromatic carbocycles. The highest BCUT2D eigenvalue weighted by Gasteiger charge is 2.12. The fraction of sp³-hybridized carbons (Fsp3) is 0.300. The van der Waals surface area contributed by atoms with Crippen LogP contribution in [-0.4, -0.2) is 30.7 Å². The van der Waals surface area contributed by atoms with E-state index in [1.807, 2.05) is 43.3 Å². The van der Waals surface area contributed by atoms with Crippen molar-refractivity contribution in [1.82, 2.24) is 9.38 Å². The van der Waals surface area contributed by atoms with Crippen LogP contribution in [0.4, 0.5) is 0 Å². The van der Waals surface area contributed by atoms with Gasteiger partial charge in [0, 0.05) is 17.3 Å². The number of nitrogens with zero attached hydrogens (tertiary/aromatic N) is 2. The number of quaternary nitrogens is 1. The van der Waals surface area contributed by atoms with Crippen molar-refractivity contribution >= 4 is 5.65 Å². The maximum atomic E-state index is 12.4. The molecule has 6 heteroatoms. The van der Waals surface area contributed by atoms with Crippen LogP contribution in [0.1, 0.15) is 17.0 Å². The first-order valence-electron chi connectivity index (χ1n) is 8.52. The minimum absolute atomic E-state index is 0.0398. The van der Waals surface area contributed by atoms with Gasteiger partial charge in [0.1, 0.15) is 24.4 Å². The Morgan fingerprint density at radius 1 is 1.04 bits per heavy atom. The van der Waals surface area contributed by atoms with Gasteiger partial charge in [-0.05, 0) is 37.3 Å². The number of hydrogen-bond acceptors (Lipinski definition) is 4. The summed E-state index contributed by atoms with van der Waals surface area (Å²) in [5.74, 6) is 1.43. The first-order chi connectivity index (χ1) is 12.5. The molecule has 0 fully saturated rings. The topological polar surface area (TPSA) is 57.3 Å². The van der Waals surface area contributed by atoms with E-state index in [2.05, 4.69) is 12.0 Å². The molecule has 0 bridgehead atoms. The molecule has 0 saturated heterocycles. The molecule has 0 amide bonds. The average molecular weight is 354 g/mol. The lowest BCUT2D eigenvalue weighted by Crippen LogP contribution is -3.06. The highest BCUT2D eigenvalue weighted by Crippen LogP contribution is 2.27. The molecule has 136 valence electrons. The van der Waals surface area contributed by atoms with Crippen LogP contribution in [0.25, 0.3) is 5.65 Å². The second kappa shape index (κ2) is 7.58. The van der Waals surface area contributed by atoms with Gasteiger partial charge in [0.2, 0.25) is 0 Å². The van der Waals surface area contributed by atoms with E-state index < -0.39 is 0 Å². The van der Waals surface area contributed by atoms with Crippen molar-refractivity contribution in [2.24, 2.45) is 0 Å². The van der Waals surface area contributed by atoms with Crippen LogP contribution in [0.3, 0.4) is 0 Å². The monoisotopic (exact) mass is 354 g/mol. The normalized spacial score (nSPS) is 12.2. The molecule has 26 heavy (non-hydrogen) atoms. The molecule has 0 aliphatic rings. The highest BCUT2D eigenvalue weighted by atomic mass is 16.5. The zero-order valence-corrected chi connectivity index (χ0v) is 15.6. The summed E-state index contributed by atoms with van der Waals surface area (Å²) in [6.07, 6.45) is 0. The van der Waals surface area contributed by atoms with E-state index >= 15 is 0 Å². The predicted octanol–water partition coefficient (Wildman–Crippen LogP) is 1.24. The Balaban J connectivity index is 1.79. The Labute approximate surface area is 152 Å². The second-order valence-electron chi connectivity index (χ2n) is 6.45. The Morgan fingerprint density at radius 2 is 1.81 bits per heavy atom. The van der Waals surface area contributed by atoms with Gasteiger partial charge < -0.3 is 14.4 Å². The van der Waals surface area contributed by atoms with E-state index in [4.69, 9.17) is 9.47 Å². The number of aromatic nitrogens is 2. The van der Waals surface area contributed by atoms with Crippen LogP contribution in [0.5, 0.6) is 11.5 Å². The lowest BCUT2D eigenvalue weighted by atomic mass is 10.2. The first kappa shape index (κ1) is 17.9. The summed E-state index contributed by atoms with van der Waals surface area (Å²) < 4.78 is 12.3. The van der Waals surface area contributed by atoms with Gasteiger partial charge in [-0.1, -0.05) is 6.07 Å². The summed E-state index contributed by atoms with van der Waals surface area (Å²) in [5, 5.41) is 0. The summed E-state index contributed by atoms with van der Waals surface area (Å²) in [5.41, 5.74) is 3.46. The molecule has 0 aliphatic heterocycles. The van der Waals surface area contributed by atoms with Crippen LogP contribution in [0.2, 0.25) is 0 Å². The van der Waals surface area contributed by atoms with Gasteiger partial charge in [0.15, 0.2) is 11.5 Å². The van der Waals surface area contributed by atoms with E-state index in [1.165, 1.54) is 4.90 Å². The Kier molecular flexibility index (Phi) is 5.23. The Morgan fingerprint density at radius 3 is 2.54 bits per heavy atom. The summed E-state index contributed by atoms with van der Waals surface area (Å²) in [6.45, 7) is 3.35. The highest BCUT2D eigenvalue weighted by molar-refractivity contribution is 5.42. The summed E-state index contributed by atoms with van der Waals surface area (Å²) in [4.78, 5) is 18.3. The average Bonchev–Trinajstić information content (AvgIpc) is 2.61. The summed E-state index contributed by atoms with van der Waals surface area (Å²) in [7, 11) is 5.34. The van der Waals surface area contributed by atoms with E-state index in [1.54, 1.807) is 24.7 Å². The number of rotatable bonds is 6. The van der Waals surface area contributed by atoms with Crippen LogP contribution < -0.4 is 19.9 Å². The molecular weight excluding hydrogens is 330 g/mol. The third-order valence-electron chi connectivity index (χ3n) is 4.37. The lowest BCUT2D eigenvalue weighted by Gasteiger charge is -2.15. The quantitative estimate of drug-likeness (QED) is 0.724. The minimum atomic E-state index is -0.0398. The van der Waals surface area contributed by atoms with Crippen LogP contribution >= 0.6 is 0 Å². The van der Waals surface area contributed by atoms with Gasteiger partial charge in [-0.15, -0.1) is 0 Å². The van der Waals surface area contributed by atoms with Crippen LogP contribution in [0, 0.1) is 6.92 Å². The predicted molar refractivity (Wildman–Crippen MR) is 100 cm³/mol. The van der Waals surface area contributed by atoms with Crippen LogP contribution in [0.15, 0.2) is 47.3 Å². The van der Waals surface area contributed by atoms with Gasteiger partial charge in [0.05, 0.1) is 21.3 Å². The lowest BCUT2D eigenvalue weighted by molar-refractivity contribution is -0.908. The van der Waals surface area contributed by atoms with Gasteiger partial charge in [-0.3, -0.25) is 9.20 Å². The van der Waals surface area contributed by atoms with Crippen molar-refractivity contribution in [3.8, 4) is 11.5 Å². The molecule has 0 aliphatic carbocycles. The van der Waals surface area contributed by atoms with Crippen molar-refractivity contribution in [3.63, 3.8) is 0 Å². The van der Waals surface area contributed by atoms with Crippen molar-refractivity contribution in [3.05, 3.63) is 69.8 Å². The van der Waals surface area contributed by atoms with Gasteiger partial charge >= 0.3 is 0 Å². The Hall–Kier alpha value is -2.86. The Bertz CT molecular complexity index is 982. The fourth-order valence-electron chi connectivity index (χ4n) is 3.16. The molecule has 2 heterocycles. The minimum Gasteiger partial charge on any atom is -0.493 e. The van der Waals surface area contributed by atoms with E-state index in [0.29, 0.717) is 17.9 Å². The number of fused-ring (bicyclic) bond motifs is 1. The largest absolute Gasteiger partial charge is 0.493 e. The van der Waals surface area contributed by atoms with E-state index in [-0.39, 0.29) is 5.56 Å². The van der Waals surface area contributed by atoms with Gasteiger partial charge in [-0.25, -0.2) is 4.98 Å². The molecule has 0 radical (unpaired) electrons.